The number of hydrogen-bond donors (Lipinski definition) is 1. The quantitative estimate of drug-likeness (QED) is 0.521. The molecule has 0 saturated heterocycles. The second-order valence-electron chi connectivity index (χ2n) is 4.09. The summed E-state index contributed by atoms with van der Waals surface area (Å²) in [6.45, 7) is 0.214. The minimum absolute atomic E-state index is 0.0237. The van der Waals surface area contributed by atoms with E-state index in [-0.39, 0.29) is 22.8 Å². The van der Waals surface area contributed by atoms with Crippen molar-refractivity contribution in [3.63, 3.8) is 0 Å². The highest BCUT2D eigenvalue weighted by molar-refractivity contribution is 7.13. The van der Waals surface area contributed by atoms with Gasteiger partial charge in [0.15, 0.2) is 0 Å². The van der Waals surface area contributed by atoms with Crippen LogP contribution in [0.1, 0.15) is 15.9 Å². The van der Waals surface area contributed by atoms with Crippen LogP contribution in [0.5, 0.6) is 0 Å². The highest BCUT2D eigenvalue weighted by Gasteiger charge is 2.12. The molecule has 0 unspecified atom stereocenters. The molecular formula is C13H11FN2O4S. The average molecular weight is 310 g/mol. The van der Waals surface area contributed by atoms with Gasteiger partial charge in [0.2, 0.25) is 0 Å². The summed E-state index contributed by atoms with van der Waals surface area (Å²) in [5.74, 6) is -1.09. The van der Waals surface area contributed by atoms with Crippen LogP contribution in [-0.2, 0) is 11.3 Å². The third-order valence-corrected chi connectivity index (χ3v) is 3.62. The number of nitrogens with one attached hydrogen (secondary N) is 1. The van der Waals surface area contributed by atoms with Gasteiger partial charge in [0.1, 0.15) is 5.82 Å². The normalized spacial score (nSPS) is 10.2. The Balaban J connectivity index is 2.11. The number of benzene rings is 1. The fraction of sp³-hybridized carbons (Fsp3) is 0.154. The van der Waals surface area contributed by atoms with Crippen molar-refractivity contribution < 1.29 is 18.8 Å². The maximum Gasteiger partial charge on any atom is 0.337 e. The summed E-state index contributed by atoms with van der Waals surface area (Å²) < 4.78 is 18.2. The Morgan fingerprint density at radius 1 is 1.48 bits per heavy atom. The minimum atomic E-state index is -0.566. The molecule has 2 rings (SSSR count). The van der Waals surface area contributed by atoms with Crippen molar-refractivity contribution in [3.8, 4) is 0 Å². The van der Waals surface area contributed by atoms with Crippen LogP contribution in [0.25, 0.3) is 0 Å². The first-order chi connectivity index (χ1) is 10.0. The van der Waals surface area contributed by atoms with E-state index >= 15 is 0 Å². The Kier molecular flexibility index (Phi) is 4.49. The van der Waals surface area contributed by atoms with E-state index < -0.39 is 16.7 Å². The molecule has 21 heavy (non-hydrogen) atoms. The van der Waals surface area contributed by atoms with Crippen LogP contribution in [0.15, 0.2) is 29.6 Å². The number of nitrogens with zero attached hydrogens (tertiary/aromatic N) is 1. The molecule has 0 atom stereocenters. The van der Waals surface area contributed by atoms with Crippen LogP contribution in [0.3, 0.4) is 0 Å². The Morgan fingerprint density at radius 3 is 2.86 bits per heavy atom. The van der Waals surface area contributed by atoms with E-state index in [9.17, 15) is 19.3 Å². The molecule has 0 fully saturated rings. The van der Waals surface area contributed by atoms with Gasteiger partial charge in [0.25, 0.3) is 0 Å². The average Bonchev–Trinajstić information content (AvgIpc) is 2.94. The molecule has 0 aliphatic rings. The molecule has 2 aromatic rings. The smallest absolute Gasteiger partial charge is 0.337 e. The maximum atomic E-state index is 13.7. The van der Waals surface area contributed by atoms with Crippen molar-refractivity contribution in [2.45, 2.75) is 6.54 Å². The summed E-state index contributed by atoms with van der Waals surface area (Å²) in [5.41, 5.74) is 1.01. The number of anilines is 1. The number of hydrogen-bond acceptors (Lipinski definition) is 6. The topological polar surface area (TPSA) is 81.5 Å². The summed E-state index contributed by atoms with van der Waals surface area (Å²) in [5, 5.41) is 15.0. The number of carbonyl (C=O) groups is 1. The molecule has 0 bridgehead atoms. The lowest BCUT2D eigenvalue weighted by atomic mass is 10.2. The third-order valence-electron chi connectivity index (χ3n) is 2.69. The summed E-state index contributed by atoms with van der Waals surface area (Å²) in [4.78, 5) is 21.5. The van der Waals surface area contributed by atoms with Gasteiger partial charge in [-0.3, -0.25) is 10.1 Å². The molecule has 1 heterocycles. The van der Waals surface area contributed by atoms with E-state index in [2.05, 4.69) is 10.1 Å². The lowest BCUT2D eigenvalue weighted by Gasteiger charge is -2.08. The van der Waals surface area contributed by atoms with Crippen molar-refractivity contribution in [1.82, 2.24) is 0 Å². The Hall–Kier alpha value is -2.48. The van der Waals surface area contributed by atoms with Crippen LogP contribution >= 0.6 is 11.3 Å². The predicted molar refractivity (Wildman–Crippen MR) is 76.0 cm³/mol. The van der Waals surface area contributed by atoms with Gasteiger partial charge in [-0.1, -0.05) is 11.3 Å². The monoisotopic (exact) mass is 310 g/mol. The molecule has 110 valence electrons. The van der Waals surface area contributed by atoms with Gasteiger partial charge < -0.3 is 10.1 Å². The minimum Gasteiger partial charge on any atom is -0.465 e. The second-order valence-corrected chi connectivity index (χ2v) is 4.98. The van der Waals surface area contributed by atoms with Gasteiger partial charge in [0.05, 0.1) is 23.3 Å². The van der Waals surface area contributed by atoms with Gasteiger partial charge in [-0.15, -0.1) is 0 Å². The van der Waals surface area contributed by atoms with E-state index in [1.54, 1.807) is 5.38 Å². The number of carbonyl (C=O) groups excluding carboxylic acids is 1. The molecule has 0 saturated carbocycles. The Labute approximate surface area is 123 Å². The summed E-state index contributed by atoms with van der Waals surface area (Å²) in [7, 11) is 1.24. The molecule has 0 aliphatic heterocycles. The molecule has 0 spiro atoms. The number of esters is 1. The summed E-state index contributed by atoms with van der Waals surface area (Å²) in [6.07, 6.45) is 0. The standard InChI is InChI=1S/C13H11FN2O4S/c1-20-13(17)9-2-3-10(14)11(5-9)15-6-8-4-12(16(18)19)21-7-8/h2-5,7,15H,6H2,1H3. The van der Waals surface area contributed by atoms with Crippen LogP contribution in [0, 0.1) is 15.9 Å². The first kappa shape index (κ1) is 14.9. The zero-order chi connectivity index (χ0) is 15.4. The molecule has 1 aromatic carbocycles. The SMILES string of the molecule is COC(=O)c1ccc(F)c(NCc2csc([N+](=O)[O-])c2)c1. The lowest BCUT2D eigenvalue weighted by Crippen LogP contribution is -2.05. The van der Waals surface area contributed by atoms with Crippen LogP contribution in [-0.4, -0.2) is 18.0 Å². The Bertz CT molecular complexity index is 687. The van der Waals surface area contributed by atoms with Gasteiger partial charge >= 0.3 is 11.0 Å². The number of methoxy groups -OCH3 is 1. The van der Waals surface area contributed by atoms with E-state index in [0.717, 1.165) is 17.4 Å². The van der Waals surface area contributed by atoms with Gasteiger partial charge in [0, 0.05) is 18.0 Å². The second kappa shape index (κ2) is 6.31. The van der Waals surface area contributed by atoms with Gasteiger partial charge in [-0.25, -0.2) is 9.18 Å². The number of thiophene rings is 1. The van der Waals surface area contributed by atoms with Crippen molar-refractivity contribution in [2.75, 3.05) is 12.4 Å². The zero-order valence-corrected chi connectivity index (χ0v) is 11.8. The fourth-order valence-corrected chi connectivity index (χ4v) is 2.38. The fourth-order valence-electron chi connectivity index (χ4n) is 1.65. The van der Waals surface area contributed by atoms with Crippen molar-refractivity contribution >= 4 is 28.0 Å². The van der Waals surface area contributed by atoms with E-state index in [1.165, 1.54) is 25.3 Å². The summed E-state index contributed by atoms with van der Waals surface area (Å²) in [6, 6.07) is 5.23. The summed E-state index contributed by atoms with van der Waals surface area (Å²) >= 11 is 1.00. The van der Waals surface area contributed by atoms with E-state index in [1.807, 2.05) is 0 Å². The number of nitro groups is 1. The largest absolute Gasteiger partial charge is 0.465 e. The molecule has 1 N–H and O–H groups in total. The van der Waals surface area contributed by atoms with Gasteiger partial charge in [-0.2, -0.15) is 0 Å². The first-order valence-electron chi connectivity index (χ1n) is 5.85. The van der Waals surface area contributed by atoms with Crippen LogP contribution in [0.4, 0.5) is 15.1 Å². The third kappa shape index (κ3) is 3.54. The highest BCUT2D eigenvalue weighted by atomic mass is 32.1. The van der Waals surface area contributed by atoms with Crippen molar-refractivity contribution in [3.05, 3.63) is 56.7 Å². The zero-order valence-electron chi connectivity index (χ0n) is 11.0. The molecule has 0 radical (unpaired) electrons. The number of halogens is 1. The first-order valence-corrected chi connectivity index (χ1v) is 6.72. The molecule has 0 amide bonds. The maximum absolute atomic E-state index is 13.7. The van der Waals surface area contributed by atoms with Crippen molar-refractivity contribution in [2.24, 2.45) is 0 Å². The van der Waals surface area contributed by atoms with Crippen LogP contribution in [0.2, 0.25) is 0 Å². The highest BCUT2D eigenvalue weighted by Crippen LogP contribution is 2.24. The molecule has 0 aliphatic carbocycles. The van der Waals surface area contributed by atoms with Crippen molar-refractivity contribution in [1.29, 1.82) is 0 Å². The van der Waals surface area contributed by atoms with Gasteiger partial charge in [-0.05, 0) is 23.8 Å². The number of ether oxygens (including phenoxy) is 1. The molecule has 1 aromatic heterocycles. The van der Waals surface area contributed by atoms with Crippen LogP contribution < -0.4 is 5.32 Å². The molecule has 8 heteroatoms. The molecular weight excluding hydrogens is 299 g/mol. The van der Waals surface area contributed by atoms with E-state index in [4.69, 9.17) is 0 Å². The van der Waals surface area contributed by atoms with E-state index in [0.29, 0.717) is 5.56 Å². The predicted octanol–water partition coefficient (Wildman–Crippen LogP) is 3.19. The molecule has 6 nitrogen and oxygen atoms in total. The Morgan fingerprint density at radius 2 is 2.24 bits per heavy atom. The number of rotatable bonds is 5. The lowest BCUT2D eigenvalue weighted by molar-refractivity contribution is -0.380.